The fourth-order valence-electron chi connectivity index (χ4n) is 4.41. The van der Waals surface area contributed by atoms with Crippen LogP contribution >= 0.6 is 0 Å². The van der Waals surface area contributed by atoms with Crippen LogP contribution in [-0.2, 0) is 0 Å². The van der Waals surface area contributed by atoms with E-state index in [1.165, 1.54) is 6.07 Å². The molecule has 6 heteroatoms. The first kappa shape index (κ1) is 15.9. The number of hydrogen-bond donors (Lipinski definition) is 1. The highest BCUT2D eigenvalue weighted by Gasteiger charge is 2.47. The van der Waals surface area contributed by atoms with Gasteiger partial charge in [0.15, 0.2) is 0 Å². The van der Waals surface area contributed by atoms with E-state index in [4.69, 9.17) is 0 Å². The molecule has 3 aliphatic rings. The quantitative estimate of drug-likeness (QED) is 0.922. The summed E-state index contributed by atoms with van der Waals surface area (Å²) in [6.45, 7) is 2.44. The molecule has 0 unspecified atom stereocenters. The molecule has 1 N–H and O–H groups in total. The summed E-state index contributed by atoms with van der Waals surface area (Å²) in [5.41, 5.74) is 1.38. The molecule has 3 heterocycles. The molecule has 3 atom stereocenters. The number of nitrogens with zero attached hydrogens (tertiary/aromatic N) is 3. The number of amides is 1. The maximum absolute atomic E-state index is 13.8. The summed E-state index contributed by atoms with van der Waals surface area (Å²) in [5, 5.41) is 3.41. The molecule has 1 amide bonds. The molecular weight excluding hydrogens is 331 g/mol. The van der Waals surface area contributed by atoms with E-state index in [0.29, 0.717) is 29.9 Å². The van der Waals surface area contributed by atoms with Gasteiger partial charge in [0.05, 0.1) is 11.6 Å². The highest BCUT2D eigenvalue weighted by molar-refractivity contribution is 5.94. The molecule has 2 aliphatic heterocycles. The highest BCUT2D eigenvalue weighted by atomic mass is 19.1. The Morgan fingerprint density at radius 3 is 2.73 bits per heavy atom. The SMILES string of the molecule is O=C(c1cnc(C2CC2)nc1)N1C[C@@H]2CNC[C@@H]2[C@H]1c1cccc(F)c1. The summed E-state index contributed by atoms with van der Waals surface area (Å²) in [5.74, 6) is 1.70. The lowest BCUT2D eigenvalue weighted by molar-refractivity contribution is 0.0713. The molecule has 5 rings (SSSR count). The van der Waals surface area contributed by atoms with Crippen LogP contribution in [-0.4, -0.2) is 40.4 Å². The average molecular weight is 352 g/mol. The van der Waals surface area contributed by atoms with E-state index in [-0.39, 0.29) is 17.8 Å². The van der Waals surface area contributed by atoms with Crippen molar-refractivity contribution in [1.29, 1.82) is 0 Å². The largest absolute Gasteiger partial charge is 0.331 e. The third kappa shape index (κ3) is 2.69. The number of hydrogen-bond acceptors (Lipinski definition) is 4. The van der Waals surface area contributed by atoms with Gasteiger partial charge in [-0.1, -0.05) is 12.1 Å². The lowest BCUT2D eigenvalue weighted by Gasteiger charge is -2.28. The number of nitrogens with one attached hydrogen (secondary N) is 1. The minimum atomic E-state index is -0.263. The third-order valence-corrected chi connectivity index (χ3v) is 5.88. The summed E-state index contributed by atoms with van der Waals surface area (Å²) in [7, 11) is 0. The molecule has 2 saturated heterocycles. The van der Waals surface area contributed by atoms with Gasteiger partial charge in [-0.05, 0) is 36.5 Å². The molecular formula is C20H21FN4O. The van der Waals surface area contributed by atoms with Crippen molar-refractivity contribution in [2.24, 2.45) is 11.8 Å². The van der Waals surface area contributed by atoms with Crippen LogP contribution in [0.1, 0.15) is 46.5 Å². The fourth-order valence-corrected chi connectivity index (χ4v) is 4.41. The predicted molar refractivity (Wildman–Crippen MR) is 94.0 cm³/mol. The number of carbonyl (C=O) groups excluding carboxylic acids is 1. The van der Waals surface area contributed by atoms with E-state index in [1.807, 2.05) is 11.0 Å². The van der Waals surface area contributed by atoms with Crippen molar-refractivity contribution >= 4 is 5.91 Å². The Morgan fingerprint density at radius 2 is 2.00 bits per heavy atom. The number of fused-ring (bicyclic) bond motifs is 1. The van der Waals surface area contributed by atoms with Crippen molar-refractivity contribution in [3.05, 3.63) is 59.4 Å². The molecule has 0 radical (unpaired) electrons. The van der Waals surface area contributed by atoms with Gasteiger partial charge < -0.3 is 10.2 Å². The Kier molecular flexibility index (Phi) is 3.74. The van der Waals surface area contributed by atoms with Gasteiger partial charge in [-0.3, -0.25) is 4.79 Å². The van der Waals surface area contributed by atoms with E-state index in [1.54, 1.807) is 24.5 Å². The van der Waals surface area contributed by atoms with E-state index >= 15 is 0 Å². The zero-order valence-electron chi connectivity index (χ0n) is 14.4. The van der Waals surface area contributed by atoms with E-state index < -0.39 is 0 Å². The Morgan fingerprint density at radius 1 is 1.19 bits per heavy atom. The smallest absolute Gasteiger partial charge is 0.257 e. The van der Waals surface area contributed by atoms with Gasteiger partial charge >= 0.3 is 0 Å². The second-order valence-corrected chi connectivity index (χ2v) is 7.64. The number of aromatic nitrogens is 2. The molecule has 1 aliphatic carbocycles. The van der Waals surface area contributed by atoms with Crippen molar-refractivity contribution in [3.63, 3.8) is 0 Å². The summed E-state index contributed by atoms with van der Waals surface area (Å²) >= 11 is 0. The summed E-state index contributed by atoms with van der Waals surface area (Å²) in [6.07, 6.45) is 5.57. The van der Waals surface area contributed by atoms with Gasteiger partial charge in [-0.25, -0.2) is 14.4 Å². The lowest BCUT2D eigenvalue weighted by Crippen LogP contribution is -2.35. The molecule has 3 fully saturated rings. The van der Waals surface area contributed by atoms with Crippen LogP contribution in [0.3, 0.4) is 0 Å². The predicted octanol–water partition coefficient (Wildman–Crippen LogP) is 2.53. The van der Waals surface area contributed by atoms with Crippen LogP contribution < -0.4 is 5.32 Å². The van der Waals surface area contributed by atoms with Crippen molar-refractivity contribution in [3.8, 4) is 0 Å². The zero-order valence-corrected chi connectivity index (χ0v) is 14.4. The molecule has 0 bridgehead atoms. The lowest BCUT2D eigenvalue weighted by atomic mass is 9.89. The number of benzene rings is 1. The van der Waals surface area contributed by atoms with Crippen LogP contribution in [0.25, 0.3) is 0 Å². The van der Waals surface area contributed by atoms with Gasteiger partial charge in [-0.2, -0.15) is 0 Å². The molecule has 1 aromatic heterocycles. The van der Waals surface area contributed by atoms with E-state index in [9.17, 15) is 9.18 Å². The summed E-state index contributed by atoms with van der Waals surface area (Å²) < 4.78 is 13.8. The first-order valence-electron chi connectivity index (χ1n) is 9.30. The minimum Gasteiger partial charge on any atom is -0.331 e. The van der Waals surface area contributed by atoms with Gasteiger partial charge in [0.2, 0.25) is 0 Å². The Labute approximate surface area is 151 Å². The van der Waals surface area contributed by atoms with Gasteiger partial charge in [0, 0.05) is 43.9 Å². The second kappa shape index (κ2) is 6.13. The number of carbonyl (C=O) groups is 1. The standard InChI is InChI=1S/C20H21FN4O/c21-16-3-1-2-13(6-16)18-17-10-22-7-15(17)11-25(18)20(26)14-8-23-19(24-9-14)12-4-5-12/h1-3,6,8-9,12,15,17-18,22H,4-5,7,10-11H2/t15-,17-,18+/m0/s1. The number of rotatable bonds is 3. The molecule has 0 spiro atoms. The molecule has 1 aromatic carbocycles. The normalized spacial score (nSPS) is 27.6. The van der Waals surface area contributed by atoms with Gasteiger partial charge in [-0.15, -0.1) is 0 Å². The third-order valence-electron chi connectivity index (χ3n) is 5.88. The second-order valence-electron chi connectivity index (χ2n) is 7.64. The first-order chi connectivity index (χ1) is 12.7. The van der Waals surface area contributed by atoms with Crippen LogP contribution in [0.5, 0.6) is 0 Å². The van der Waals surface area contributed by atoms with Crippen LogP contribution in [0.4, 0.5) is 4.39 Å². The van der Waals surface area contributed by atoms with Crippen molar-refractivity contribution < 1.29 is 9.18 Å². The number of likely N-dealkylation sites (tertiary alicyclic amines) is 1. The van der Waals surface area contributed by atoms with Crippen LogP contribution in [0.15, 0.2) is 36.7 Å². The molecule has 1 saturated carbocycles. The molecule has 134 valence electrons. The van der Waals surface area contributed by atoms with Crippen molar-refractivity contribution in [2.75, 3.05) is 19.6 Å². The summed E-state index contributed by atoms with van der Waals surface area (Å²) in [6, 6.07) is 6.52. The minimum absolute atomic E-state index is 0.0593. The van der Waals surface area contributed by atoms with E-state index in [0.717, 1.165) is 37.3 Å². The Balaban J connectivity index is 1.46. The topological polar surface area (TPSA) is 58.1 Å². The number of halogens is 1. The van der Waals surface area contributed by atoms with E-state index in [2.05, 4.69) is 15.3 Å². The fraction of sp³-hybridized carbons (Fsp3) is 0.450. The van der Waals surface area contributed by atoms with Gasteiger partial charge in [0.1, 0.15) is 11.6 Å². The van der Waals surface area contributed by atoms with Crippen LogP contribution in [0, 0.1) is 17.7 Å². The highest BCUT2D eigenvalue weighted by Crippen LogP contribution is 2.43. The van der Waals surface area contributed by atoms with Gasteiger partial charge in [0.25, 0.3) is 5.91 Å². The first-order valence-corrected chi connectivity index (χ1v) is 9.30. The molecule has 2 aromatic rings. The maximum Gasteiger partial charge on any atom is 0.257 e. The van der Waals surface area contributed by atoms with Crippen LogP contribution in [0.2, 0.25) is 0 Å². The maximum atomic E-state index is 13.8. The average Bonchev–Trinajstić information content (AvgIpc) is 3.30. The molecule has 26 heavy (non-hydrogen) atoms. The Bertz CT molecular complexity index is 836. The summed E-state index contributed by atoms with van der Waals surface area (Å²) in [4.78, 5) is 23.8. The Hall–Kier alpha value is -2.34. The van der Waals surface area contributed by atoms with Crippen molar-refractivity contribution in [2.45, 2.75) is 24.8 Å². The van der Waals surface area contributed by atoms with Crippen molar-refractivity contribution in [1.82, 2.24) is 20.2 Å². The zero-order chi connectivity index (χ0) is 17.7. The molecule has 5 nitrogen and oxygen atoms in total. The monoisotopic (exact) mass is 352 g/mol.